The molecule has 0 aliphatic carbocycles. The Morgan fingerprint density at radius 2 is 2.13 bits per heavy atom. The van der Waals surface area contributed by atoms with Crippen LogP contribution in [0.1, 0.15) is 10.5 Å². The highest BCUT2D eigenvalue weighted by molar-refractivity contribution is 5.92. The lowest BCUT2D eigenvalue weighted by molar-refractivity contribution is -0.134. The number of aromatic nitrogens is 2. The van der Waals surface area contributed by atoms with Gasteiger partial charge in [0, 0.05) is 12.4 Å². The predicted molar refractivity (Wildman–Crippen MR) is 49.5 cm³/mol. The summed E-state index contributed by atoms with van der Waals surface area (Å²) in [5.74, 6) is -1.64. The maximum Gasteiger partial charge on any atom is 0.360 e. The second-order valence-electron chi connectivity index (χ2n) is 2.49. The van der Waals surface area contributed by atoms with Crippen LogP contribution in [-0.4, -0.2) is 40.7 Å². The zero-order valence-corrected chi connectivity index (χ0v) is 7.93. The molecule has 0 fully saturated rings. The average molecular weight is 211 g/mol. The van der Waals surface area contributed by atoms with Gasteiger partial charge in [-0.15, -0.1) is 0 Å². The van der Waals surface area contributed by atoms with Crippen LogP contribution in [0.4, 0.5) is 5.82 Å². The van der Waals surface area contributed by atoms with Gasteiger partial charge in [0.25, 0.3) is 0 Å². The smallest absolute Gasteiger partial charge is 0.360 e. The van der Waals surface area contributed by atoms with E-state index in [0.717, 1.165) is 0 Å². The van der Waals surface area contributed by atoms with E-state index in [0.29, 0.717) is 0 Å². The lowest BCUT2D eigenvalue weighted by Gasteiger charge is -2.05. The molecule has 15 heavy (non-hydrogen) atoms. The maximum atomic E-state index is 11.2. The lowest BCUT2D eigenvalue weighted by atomic mass is 10.4. The van der Waals surface area contributed by atoms with Gasteiger partial charge in [-0.2, -0.15) is 0 Å². The van der Waals surface area contributed by atoms with E-state index >= 15 is 0 Å². The molecule has 0 amide bonds. The Kier molecular flexibility index (Phi) is 3.55. The Hall–Kier alpha value is -2.18. The Morgan fingerprint density at radius 1 is 1.47 bits per heavy atom. The van der Waals surface area contributed by atoms with E-state index in [1.165, 1.54) is 19.5 Å². The van der Waals surface area contributed by atoms with E-state index in [9.17, 15) is 9.59 Å². The van der Waals surface area contributed by atoms with E-state index in [2.05, 4.69) is 20.0 Å². The number of anilines is 1. The van der Waals surface area contributed by atoms with Crippen LogP contribution in [0.5, 0.6) is 0 Å². The first-order chi connectivity index (χ1) is 7.15. The third-order valence-corrected chi connectivity index (χ3v) is 1.48. The molecular formula is C8H9N3O4. The standard InChI is InChI=1S/C8H9N3O4/c1-15-8(14)6-7(10-3-2-9-6)11-4-5(12)13/h2-3H,4H2,1H3,(H,10,11)(H,12,13). The molecule has 0 spiro atoms. The van der Waals surface area contributed by atoms with Crippen molar-refractivity contribution in [3.63, 3.8) is 0 Å². The minimum absolute atomic E-state index is 0.0405. The number of aliphatic carboxylic acids is 1. The highest BCUT2D eigenvalue weighted by Crippen LogP contribution is 2.08. The summed E-state index contributed by atoms with van der Waals surface area (Å²) >= 11 is 0. The van der Waals surface area contributed by atoms with E-state index in [1.807, 2.05) is 0 Å². The molecule has 0 radical (unpaired) electrons. The predicted octanol–water partition coefficient (Wildman–Crippen LogP) is -0.240. The summed E-state index contributed by atoms with van der Waals surface area (Å²) in [6.07, 6.45) is 2.66. The molecular weight excluding hydrogens is 202 g/mol. The Labute approximate surface area is 85.1 Å². The third kappa shape index (κ3) is 2.90. The molecule has 1 aromatic heterocycles. The van der Waals surface area contributed by atoms with Gasteiger partial charge in [-0.25, -0.2) is 14.8 Å². The number of hydrogen-bond acceptors (Lipinski definition) is 6. The van der Waals surface area contributed by atoms with E-state index in [1.54, 1.807) is 0 Å². The first-order valence-electron chi connectivity index (χ1n) is 4.00. The molecule has 7 heteroatoms. The highest BCUT2D eigenvalue weighted by atomic mass is 16.5. The number of carbonyl (C=O) groups excluding carboxylic acids is 1. The molecule has 0 aliphatic rings. The van der Waals surface area contributed by atoms with Crippen LogP contribution in [0.25, 0.3) is 0 Å². The summed E-state index contributed by atoms with van der Waals surface area (Å²) < 4.78 is 4.45. The van der Waals surface area contributed by atoms with Gasteiger partial charge in [0.15, 0.2) is 11.5 Å². The van der Waals surface area contributed by atoms with Crippen molar-refractivity contribution in [3.05, 3.63) is 18.1 Å². The fraction of sp³-hybridized carbons (Fsp3) is 0.250. The number of carboxylic acids is 1. The quantitative estimate of drug-likeness (QED) is 0.662. The average Bonchev–Trinajstić information content (AvgIpc) is 2.25. The second-order valence-corrected chi connectivity index (χ2v) is 2.49. The van der Waals surface area contributed by atoms with Crippen LogP contribution in [0, 0.1) is 0 Å². The van der Waals surface area contributed by atoms with Gasteiger partial charge in [-0.1, -0.05) is 0 Å². The highest BCUT2D eigenvalue weighted by Gasteiger charge is 2.14. The minimum atomic E-state index is -1.06. The van der Waals surface area contributed by atoms with Crippen molar-refractivity contribution >= 4 is 17.8 Å². The van der Waals surface area contributed by atoms with Crippen molar-refractivity contribution in [1.29, 1.82) is 0 Å². The van der Waals surface area contributed by atoms with Crippen LogP contribution >= 0.6 is 0 Å². The number of rotatable bonds is 4. The van der Waals surface area contributed by atoms with Gasteiger partial charge in [-0.05, 0) is 0 Å². The molecule has 0 bridgehead atoms. The number of methoxy groups -OCH3 is 1. The van der Waals surface area contributed by atoms with Gasteiger partial charge >= 0.3 is 11.9 Å². The van der Waals surface area contributed by atoms with E-state index in [-0.39, 0.29) is 18.1 Å². The number of nitrogens with one attached hydrogen (secondary N) is 1. The summed E-state index contributed by atoms with van der Waals surface area (Å²) in [5, 5.41) is 10.9. The van der Waals surface area contributed by atoms with Gasteiger partial charge < -0.3 is 15.2 Å². The molecule has 7 nitrogen and oxygen atoms in total. The normalized spacial score (nSPS) is 9.40. The Bertz CT molecular complexity index is 380. The van der Waals surface area contributed by atoms with Gasteiger partial charge in [0.05, 0.1) is 7.11 Å². The second kappa shape index (κ2) is 4.89. The van der Waals surface area contributed by atoms with E-state index in [4.69, 9.17) is 5.11 Å². The number of carbonyl (C=O) groups is 2. The zero-order valence-electron chi connectivity index (χ0n) is 7.93. The van der Waals surface area contributed by atoms with Crippen molar-refractivity contribution in [2.24, 2.45) is 0 Å². The molecule has 1 rings (SSSR count). The number of ether oxygens (including phenoxy) is 1. The molecule has 2 N–H and O–H groups in total. The zero-order chi connectivity index (χ0) is 11.3. The summed E-state index contributed by atoms with van der Waals surface area (Å²) in [6.45, 7) is -0.345. The van der Waals surface area contributed by atoms with Crippen molar-refractivity contribution in [2.75, 3.05) is 19.0 Å². The molecule has 0 saturated carbocycles. The molecule has 0 unspecified atom stereocenters. The summed E-state index contributed by atoms with van der Waals surface area (Å²) in [4.78, 5) is 29.0. The van der Waals surface area contributed by atoms with Crippen molar-refractivity contribution in [2.45, 2.75) is 0 Å². The number of esters is 1. The number of nitrogens with zero attached hydrogens (tertiary/aromatic N) is 2. The SMILES string of the molecule is COC(=O)c1nccnc1NCC(=O)O. The first kappa shape index (κ1) is 10.9. The van der Waals surface area contributed by atoms with Crippen LogP contribution < -0.4 is 5.32 Å². The monoisotopic (exact) mass is 211 g/mol. The molecule has 1 aromatic rings. The van der Waals surface area contributed by atoms with Crippen LogP contribution in [0.3, 0.4) is 0 Å². The van der Waals surface area contributed by atoms with E-state index < -0.39 is 11.9 Å². The summed E-state index contributed by atoms with van der Waals surface area (Å²) in [7, 11) is 1.21. The third-order valence-electron chi connectivity index (χ3n) is 1.48. The number of hydrogen-bond donors (Lipinski definition) is 2. The van der Waals surface area contributed by atoms with Crippen LogP contribution in [0.2, 0.25) is 0 Å². The minimum Gasteiger partial charge on any atom is -0.480 e. The van der Waals surface area contributed by atoms with Crippen molar-refractivity contribution < 1.29 is 19.4 Å². The topological polar surface area (TPSA) is 101 Å². The van der Waals surface area contributed by atoms with Crippen molar-refractivity contribution in [3.8, 4) is 0 Å². The van der Waals surface area contributed by atoms with Gasteiger partial charge in [0.2, 0.25) is 0 Å². The van der Waals surface area contributed by atoms with Crippen LogP contribution in [-0.2, 0) is 9.53 Å². The molecule has 0 aromatic carbocycles. The fourth-order valence-electron chi connectivity index (χ4n) is 0.873. The largest absolute Gasteiger partial charge is 0.480 e. The first-order valence-corrected chi connectivity index (χ1v) is 4.00. The molecule has 0 aliphatic heterocycles. The summed E-state index contributed by atoms with van der Waals surface area (Å²) in [5.41, 5.74) is -0.0405. The van der Waals surface area contributed by atoms with Gasteiger partial charge in [-0.3, -0.25) is 4.79 Å². The molecule has 80 valence electrons. The summed E-state index contributed by atoms with van der Waals surface area (Å²) in [6, 6.07) is 0. The molecule has 1 heterocycles. The van der Waals surface area contributed by atoms with Gasteiger partial charge in [0.1, 0.15) is 6.54 Å². The Balaban J connectivity index is 2.86. The van der Waals surface area contributed by atoms with Crippen LogP contribution in [0.15, 0.2) is 12.4 Å². The number of carboxylic acid groups (broad SMARTS) is 1. The lowest BCUT2D eigenvalue weighted by Crippen LogP contribution is -2.17. The molecule has 0 atom stereocenters. The van der Waals surface area contributed by atoms with Crippen molar-refractivity contribution in [1.82, 2.24) is 9.97 Å². The Morgan fingerprint density at radius 3 is 2.73 bits per heavy atom. The fourth-order valence-corrected chi connectivity index (χ4v) is 0.873. The molecule has 0 saturated heterocycles. The maximum absolute atomic E-state index is 11.2.